The van der Waals surface area contributed by atoms with Gasteiger partial charge in [0.25, 0.3) is 0 Å². The molecule has 1 saturated carbocycles. The van der Waals surface area contributed by atoms with Crippen LogP contribution in [0.25, 0.3) is 0 Å². The molecule has 1 heterocycles. The summed E-state index contributed by atoms with van der Waals surface area (Å²) in [5.74, 6) is 2.23. The second-order valence-corrected chi connectivity index (χ2v) is 6.50. The lowest BCUT2D eigenvalue weighted by molar-refractivity contribution is 0.123. The number of rotatable bonds is 6. The third-order valence-corrected chi connectivity index (χ3v) is 3.82. The lowest BCUT2D eigenvalue weighted by Crippen LogP contribution is -2.25. The molecule has 0 spiro atoms. The van der Waals surface area contributed by atoms with Gasteiger partial charge in [0.2, 0.25) is 5.88 Å². The Morgan fingerprint density at radius 2 is 2.20 bits per heavy atom. The number of pyridine rings is 1. The molecule has 2 rings (SSSR count). The zero-order valence-corrected chi connectivity index (χ0v) is 13.1. The van der Waals surface area contributed by atoms with E-state index in [2.05, 4.69) is 37.1 Å². The van der Waals surface area contributed by atoms with Crippen LogP contribution in [0.5, 0.6) is 5.88 Å². The summed E-state index contributed by atoms with van der Waals surface area (Å²) < 4.78 is 6.05. The van der Waals surface area contributed by atoms with Gasteiger partial charge in [-0.1, -0.05) is 33.3 Å². The van der Waals surface area contributed by atoms with Gasteiger partial charge in [0.1, 0.15) is 6.10 Å². The molecule has 0 saturated heterocycles. The minimum Gasteiger partial charge on any atom is -0.474 e. The Hall–Kier alpha value is -1.09. The van der Waals surface area contributed by atoms with E-state index in [0.29, 0.717) is 12.0 Å². The molecule has 0 aromatic carbocycles. The van der Waals surface area contributed by atoms with Crippen molar-refractivity contribution in [3.8, 4) is 5.88 Å². The van der Waals surface area contributed by atoms with Gasteiger partial charge in [0.15, 0.2) is 0 Å². The van der Waals surface area contributed by atoms with Crippen molar-refractivity contribution < 1.29 is 4.74 Å². The number of ether oxygens (including phenoxy) is 1. The highest BCUT2D eigenvalue weighted by Crippen LogP contribution is 2.26. The van der Waals surface area contributed by atoms with E-state index in [1.165, 1.54) is 19.3 Å². The summed E-state index contributed by atoms with van der Waals surface area (Å²) in [5, 5.41) is 3.42. The molecule has 3 heteroatoms. The van der Waals surface area contributed by atoms with E-state index in [4.69, 9.17) is 4.74 Å². The first-order chi connectivity index (χ1) is 9.63. The van der Waals surface area contributed by atoms with Gasteiger partial charge >= 0.3 is 0 Å². The van der Waals surface area contributed by atoms with E-state index in [1.807, 2.05) is 12.1 Å². The van der Waals surface area contributed by atoms with Crippen molar-refractivity contribution in [1.82, 2.24) is 10.3 Å². The lowest BCUT2D eigenvalue weighted by atomic mass is 9.89. The van der Waals surface area contributed by atoms with Crippen LogP contribution >= 0.6 is 0 Å². The highest BCUT2D eigenvalue weighted by molar-refractivity contribution is 5.16. The monoisotopic (exact) mass is 276 g/mol. The Kier molecular flexibility index (Phi) is 5.84. The molecule has 1 N–H and O–H groups in total. The van der Waals surface area contributed by atoms with Gasteiger partial charge < -0.3 is 10.1 Å². The molecule has 3 nitrogen and oxygen atoms in total. The third-order valence-electron chi connectivity index (χ3n) is 3.82. The number of hydrogen-bond acceptors (Lipinski definition) is 3. The fourth-order valence-electron chi connectivity index (χ4n) is 2.77. The third kappa shape index (κ3) is 5.12. The summed E-state index contributed by atoms with van der Waals surface area (Å²) in [7, 11) is 0. The number of hydrogen-bond donors (Lipinski definition) is 1. The molecule has 1 fully saturated rings. The van der Waals surface area contributed by atoms with Crippen molar-refractivity contribution in [2.75, 3.05) is 6.54 Å². The maximum Gasteiger partial charge on any atom is 0.213 e. The standard InChI is InChI=1S/C17H28N2O/c1-13(2)11-18-12-15-7-5-9-17(19-15)20-16-8-4-6-14(3)10-16/h5,7,9,13-14,16,18H,4,6,8,10-12H2,1-3H3. The molecular formula is C17H28N2O. The molecule has 20 heavy (non-hydrogen) atoms. The van der Waals surface area contributed by atoms with Crippen LogP contribution in [0.15, 0.2) is 18.2 Å². The predicted molar refractivity (Wildman–Crippen MR) is 82.8 cm³/mol. The quantitative estimate of drug-likeness (QED) is 0.858. The highest BCUT2D eigenvalue weighted by Gasteiger charge is 2.20. The van der Waals surface area contributed by atoms with Crippen molar-refractivity contribution in [3.63, 3.8) is 0 Å². The van der Waals surface area contributed by atoms with Gasteiger partial charge in [-0.05, 0) is 43.7 Å². The number of nitrogens with zero attached hydrogens (tertiary/aromatic N) is 1. The summed E-state index contributed by atoms with van der Waals surface area (Å²) in [6.45, 7) is 8.58. The van der Waals surface area contributed by atoms with Crippen molar-refractivity contribution in [3.05, 3.63) is 23.9 Å². The first kappa shape index (κ1) is 15.3. The Labute approximate surface area is 123 Å². The van der Waals surface area contributed by atoms with Crippen molar-refractivity contribution in [1.29, 1.82) is 0 Å². The molecule has 0 bridgehead atoms. The van der Waals surface area contributed by atoms with Gasteiger partial charge in [-0.2, -0.15) is 0 Å². The van der Waals surface area contributed by atoms with Crippen LogP contribution in [0.3, 0.4) is 0 Å². The molecule has 2 unspecified atom stereocenters. The van der Waals surface area contributed by atoms with Crippen molar-refractivity contribution in [2.24, 2.45) is 11.8 Å². The molecule has 0 aliphatic heterocycles. The average Bonchev–Trinajstić information content (AvgIpc) is 2.39. The second kappa shape index (κ2) is 7.63. The predicted octanol–water partition coefficient (Wildman–Crippen LogP) is 3.78. The molecule has 1 aromatic heterocycles. The van der Waals surface area contributed by atoms with E-state index in [0.717, 1.165) is 37.0 Å². The molecule has 0 amide bonds. The largest absolute Gasteiger partial charge is 0.474 e. The normalized spacial score (nSPS) is 23.0. The zero-order chi connectivity index (χ0) is 14.4. The van der Waals surface area contributed by atoms with E-state index in [9.17, 15) is 0 Å². The maximum atomic E-state index is 6.05. The van der Waals surface area contributed by atoms with Crippen LogP contribution < -0.4 is 10.1 Å². The van der Waals surface area contributed by atoms with Crippen LogP contribution in [0, 0.1) is 11.8 Å². The van der Waals surface area contributed by atoms with Crippen LogP contribution in [0.1, 0.15) is 52.1 Å². The Morgan fingerprint density at radius 3 is 2.95 bits per heavy atom. The zero-order valence-electron chi connectivity index (χ0n) is 13.1. The summed E-state index contributed by atoms with van der Waals surface area (Å²) in [4.78, 5) is 4.60. The molecule has 1 aliphatic carbocycles. The van der Waals surface area contributed by atoms with Crippen LogP contribution in [-0.2, 0) is 6.54 Å². The summed E-state index contributed by atoms with van der Waals surface area (Å²) in [6.07, 6.45) is 5.30. The average molecular weight is 276 g/mol. The fraction of sp³-hybridized carbons (Fsp3) is 0.706. The van der Waals surface area contributed by atoms with E-state index in [-0.39, 0.29) is 0 Å². The first-order valence-corrected chi connectivity index (χ1v) is 7.97. The van der Waals surface area contributed by atoms with Crippen molar-refractivity contribution in [2.45, 2.75) is 59.1 Å². The molecule has 1 aromatic rings. The molecule has 1 aliphatic rings. The summed E-state index contributed by atoms with van der Waals surface area (Å²) >= 11 is 0. The second-order valence-electron chi connectivity index (χ2n) is 6.50. The van der Waals surface area contributed by atoms with Gasteiger partial charge in [0, 0.05) is 12.6 Å². The summed E-state index contributed by atoms with van der Waals surface area (Å²) in [5.41, 5.74) is 1.06. The topological polar surface area (TPSA) is 34.1 Å². The summed E-state index contributed by atoms with van der Waals surface area (Å²) in [6, 6.07) is 6.08. The van der Waals surface area contributed by atoms with Gasteiger partial charge in [-0.3, -0.25) is 0 Å². The minimum absolute atomic E-state index is 0.352. The van der Waals surface area contributed by atoms with E-state index >= 15 is 0 Å². The molecule has 0 radical (unpaired) electrons. The van der Waals surface area contributed by atoms with Gasteiger partial charge in [-0.15, -0.1) is 0 Å². The Bertz CT molecular complexity index is 406. The van der Waals surface area contributed by atoms with Gasteiger partial charge in [-0.25, -0.2) is 4.98 Å². The molecule has 2 atom stereocenters. The smallest absolute Gasteiger partial charge is 0.213 e. The molecular weight excluding hydrogens is 248 g/mol. The maximum absolute atomic E-state index is 6.05. The van der Waals surface area contributed by atoms with Gasteiger partial charge in [0.05, 0.1) is 5.69 Å². The first-order valence-electron chi connectivity index (χ1n) is 7.97. The van der Waals surface area contributed by atoms with Crippen LogP contribution in [0.4, 0.5) is 0 Å². The minimum atomic E-state index is 0.352. The van der Waals surface area contributed by atoms with E-state index in [1.54, 1.807) is 0 Å². The highest BCUT2D eigenvalue weighted by atomic mass is 16.5. The van der Waals surface area contributed by atoms with Crippen LogP contribution in [0.2, 0.25) is 0 Å². The fourth-order valence-corrected chi connectivity index (χ4v) is 2.77. The molecule has 112 valence electrons. The number of aromatic nitrogens is 1. The van der Waals surface area contributed by atoms with Crippen molar-refractivity contribution >= 4 is 0 Å². The SMILES string of the molecule is CC(C)CNCc1cccc(OC2CCCC(C)C2)n1. The lowest BCUT2D eigenvalue weighted by Gasteiger charge is -2.27. The Balaban J connectivity index is 1.85. The van der Waals surface area contributed by atoms with Crippen LogP contribution in [-0.4, -0.2) is 17.6 Å². The number of nitrogens with one attached hydrogen (secondary N) is 1. The van der Waals surface area contributed by atoms with E-state index < -0.39 is 0 Å². The Morgan fingerprint density at radius 1 is 1.35 bits per heavy atom.